The summed E-state index contributed by atoms with van der Waals surface area (Å²) in [6, 6.07) is 0.895. The molecule has 3 nitrogen and oxygen atoms in total. The minimum absolute atomic E-state index is 0. The molecule has 1 aliphatic heterocycles. The normalized spacial score (nSPS) is 17.4. The molecule has 2 heterocycles. The molecular formula is C6H8BF3KN3. The van der Waals surface area contributed by atoms with Gasteiger partial charge in [0, 0.05) is 19.3 Å². The Morgan fingerprint density at radius 2 is 2.07 bits per heavy atom. The van der Waals surface area contributed by atoms with Gasteiger partial charge in [0.15, 0.2) is 0 Å². The molecule has 72 valence electrons. The predicted molar refractivity (Wildman–Crippen MR) is 42.8 cm³/mol. The molecule has 0 amide bonds. The van der Waals surface area contributed by atoms with Crippen LogP contribution in [0.4, 0.5) is 12.9 Å². The van der Waals surface area contributed by atoms with Crippen LogP contribution in [0.1, 0.15) is 6.04 Å². The third-order valence-electron chi connectivity index (χ3n) is 2.14. The van der Waals surface area contributed by atoms with Crippen molar-refractivity contribution < 1.29 is 64.3 Å². The summed E-state index contributed by atoms with van der Waals surface area (Å²) in [6.07, 6.45) is 1.20. The van der Waals surface area contributed by atoms with Gasteiger partial charge in [-0.3, -0.25) is 4.68 Å². The third-order valence-corrected chi connectivity index (χ3v) is 2.14. The fourth-order valence-electron chi connectivity index (χ4n) is 1.34. The van der Waals surface area contributed by atoms with Crippen molar-refractivity contribution in [3.05, 3.63) is 12.3 Å². The van der Waals surface area contributed by atoms with E-state index in [1.54, 1.807) is 0 Å². The van der Waals surface area contributed by atoms with Crippen LogP contribution < -0.4 is 62.3 Å². The van der Waals surface area contributed by atoms with Crippen LogP contribution in [0.25, 0.3) is 0 Å². The van der Waals surface area contributed by atoms with E-state index in [1.165, 1.54) is 6.20 Å². The Morgan fingerprint density at radius 3 is 2.50 bits per heavy atom. The Kier molecular flexibility index (Phi) is 4.24. The summed E-state index contributed by atoms with van der Waals surface area (Å²) in [4.78, 5) is 0. The smallest absolute Gasteiger partial charge is 0.444 e. The zero-order valence-electron chi connectivity index (χ0n) is 7.75. The number of nitrogens with one attached hydrogen (secondary N) is 1. The molecule has 0 aromatic carbocycles. The monoisotopic (exact) mass is 229 g/mol. The molecule has 0 spiro atoms. The number of halogens is 3. The minimum Gasteiger partial charge on any atom is -0.444 e. The van der Waals surface area contributed by atoms with Crippen LogP contribution >= 0.6 is 0 Å². The van der Waals surface area contributed by atoms with E-state index >= 15 is 0 Å². The van der Waals surface area contributed by atoms with E-state index in [2.05, 4.69) is 10.4 Å². The molecule has 1 aromatic heterocycles. The third kappa shape index (κ3) is 2.42. The Morgan fingerprint density at radius 1 is 1.43 bits per heavy atom. The fourth-order valence-corrected chi connectivity index (χ4v) is 1.34. The van der Waals surface area contributed by atoms with Crippen LogP contribution in [-0.4, -0.2) is 29.8 Å². The van der Waals surface area contributed by atoms with Gasteiger partial charge in [-0.25, -0.2) is 0 Å². The quantitative estimate of drug-likeness (QED) is 0.551. The molecule has 0 radical (unpaired) electrons. The van der Waals surface area contributed by atoms with E-state index in [4.69, 9.17) is 0 Å². The van der Waals surface area contributed by atoms with Crippen molar-refractivity contribution in [3.8, 4) is 0 Å². The first kappa shape index (κ1) is 12.7. The van der Waals surface area contributed by atoms with Gasteiger partial charge in [-0.2, -0.15) is 5.10 Å². The van der Waals surface area contributed by atoms with Crippen molar-refractivity contribution in [2.45, 2.75) is 6.04 Å². The van der Waals surface area contributed by atoms with Crippen LogP contribution in [0.15, 0.2) is 12.3 Å². The number of hydrogen-bond acceptors (Lipinski definition) is 2. The summed E-state index contributed by atoms with van der Waals surface area (Å²) >= 11 is 0. The molecule has 0 unspecified atom stereocenters. The Bertz CT molecular complexity index is 310. The molecule has 1 saturated heterocycles. The van der Waals surface area contributed by atoms with E-state index in [1.807, 2.05) is 0 Å². The number of rotatable bonds is 2. The molecule has 8 heteroatoms. The first-order valence-corrected chi connectivity index (χ1v) is 4.03. The maximum Gasteiger partial charge on any atom is 1.00 e. The molecule has 1 fully saturated rings. The van der Waals surface area contributed by atoms with Crippen LogP contribution in [-0.2, 0) is 0 Å². The first-order chi connectivity index (χ1) is 6.09. The van der Waals surface area contributed by atoms with Gasteiger partial charge in [-0.15, -0.1) is 0 Å². The van der Waals surface area contributed by atoms with Gasteiger partial charge in [0.25, 0.3) is 0 Å². The Hall–Kier alpha value is 0.661. The van der Waals surface area contributed by atoms with Crippen molar-refractivity contribution in [2.75, 3.05) is 13.1 Å². The fraction of sp³-hybridized carbons (Fsp3) is 0.500. The summed E-state index contributed by atoms with van der Waals surface area (Å²) in [5.41, 5.74) is -0.605. The number of nitrogens with zero attached hydrogens (tertiary/aromatic N) is 2. The molecular weight excluding hydrogens is 221 g/mol. The van der Waals surface area contributed by atoms with Crippen molar-refractivity contribution in [3.63, 3.8) is 0 Å². The second kappa shape index (κ2) is 4.67. The zero-order valence-corrected chi connectivity index (χ0v) is 10.9. The molecule has 2 rings (SSSR count). The van der Waals surface area contributed by atoms with E-state index in [0.29, 0.717) is 13.1 Å². The van der Waals surface area contributed by atoms with Gasteiger partial charge in [0.2, 0.25) is 0 Å². The summed E-state index contributed by atoms with van der Waals surface area (Å²) in [5, 5.41) is 6.58. The molecule has 1 N–H and O–H groups in total. The van der Waals surface area contributed by atoms with Crippen molar-refractivity contribution in [1.29, 1.82) is 0 Å². The molecule has 0 aliphatic carbocycles. The first-order valence-electron chi connectivity index (χ1n) is 4.03. The maximum absolute atomic E-state index is 12.4. The van der Waals surface area contributed by atoms with Gasteiger partial charge in [0.05, 0.1) is 6.04 Å². The SMILES string of the molecule is F[B-](F)(F)c1ccnn1C1CNC1.[K+]. The van der Waals surface area contributed by atoms with Crippen LogP contribution in [0.2, 0.25) is 0 Å². The molecule has 0 bridgehead atoms. The van der Waals surface area contributed by atoms with E-state index in [9.17, 15) is 12.9 Å². The van der Waals surface area contributed by atoms with E-state index in [-0.39, 0.29) is 57.4 Å². The summed E-state index contributed by atoms with van der Waals surface area (Å²) in [6.45, 7) is -3.79. The Labute approximate surface area is 122 Å². The van der Waals surface area contributed by atoms with Crippen LogP contribution in [0.3, 0.4) is 0 Å². The van der Waals surface area contributed by atoms with E-state index in [0.717, 1.165) is 10.7 Å². The van der Waals surface area contributed by atoms with Gasteiger partial charge in [-0.05, 0) is 5.59 Å². The maximum atomic E-state index is 12.4. The number of aromatic nitrogens is 2. The van der Waals surface area contributed by atoms with Crippen LogP contribution in [0.5, 0.6) is 0 Å². The van der Waals surface area contributed by atoms with Crippen molar-refractivity contribution >= 4 is 12.6 Å². The molecule has 1 aliphatic rings. The predicted octanol–water partition coefficient (Wildman–Crippen LogP) is -2.91. The van der Waals surface area contributed by atoms with Gasteiger partial charge < -0.3 is 18.3 Å². The second-order valence-corrected chi connectivity index (χ2v) is 3.09. The average Bonchev–Trinajstić information content (AvgIpc) is 2.29. The molecule has 0 saturated carbocycles. The van der Waals surface area contributed by atoms with Crippen molar-refractivity contribution in [1.82, 2.24) is 15.1 Å². The average molecular weight is 229 g/mol. The topological polar surface area (TPSA) is 29.9 Å². The summed E-state index contributed by atoms with van der Waals surface area (Å²) < 4.78 is 38.2. The zero-order chi connectivity index (χ0) is 9.47. The van der Waals surface area contributed by atoms with Crippen molar-refractivity contribution in [2.24, 2.45) is 0 Å². The summed E-state index contributed by atoms with van der Waals surface area (Å²) in [5.74, 6) is 0. The van der Waals surface area contributed by atoms with Gasteiger partial charge in [-0.1, -0.05) is 6.07 Å². The molecule has 14 heavy (non-hydrogen) atoms. The van der Waals surface area contributed by atoms with Gasteiger partial charge in [0.1, 0.15) is 0 Å². The second-order valence-electron chi connectivity index (χ2n) is 3.09. The van der Waals surface area contributed by atoms with E-state index < -0.39 is 12.6 Å². The molecule has 0 atom stereocenters. The number of hydrogen-bond donors (Lipinski definition) is 1. The summed E-state index contributed by atoms with van der Waals surface area (Å²) in [7, 11) is 0. The molecule has 1 aromatic rings. The van der Waals surface area contributed by atoms with Crippen LogP contribution in [0, 0.1) is 0 Å². The minimum atomic E-state index is -4.93. The van der Waals surface area contributed by atoms with Gasteiger partial charge >= 0.3 is 58.4 Å². The largest absolute Gasteiger partial charge is 1.00 e. The standard InChI is InChI=1S/C6H8BF3N3.K/c8-7(9,10)6-1-2-12-13(6)5-3-11-4-5;/h1-2,5,11H,3-4H2;/q-1;+1. The Balaban J connectivity index is 0.000000980.